The number of amides is 1. The van der Waals surface area contributed by atoms with Crippen LogP contribution in [0.15, 0.2) is 24.3 Å². The van der Waals surface area contributed by atoms with Crippen molar-refractivity contribution >= 4 is 5.91 Å². The molecule has 0 atom stereocenters. The highest BCUT2D eigenvalue weighted by atomic mass is 16.2. The van der Waals surface area contributed by atoms with E-state index in [0.717, 1.165) is 12.1 Å². The van der Waals surface area contributed by atoms with Crippen molar-refractivity contribution in [2.75, 3.05) is 28.2 Å². The zero-order valence-electron chi connectivity index (χ0n) is 9.82. The number of hydrogen-bond acceptors (Lipinski definition) is 2. The molecule has 0 fully saturated rings. The van der Waals surface area contributed by atoms with Gasteiger partial charge in [0.05, 0.1) is 0 Å². The Morgan fingerprint density at radius 1 is 1.07 bits per heavy atom. The van der Waals surface area contributed by atoms with Gasteiger partial charge in [-0.05, 0) is 31.8 Å². The summed E-state index contributed by atoms with van der Waals surface area (Å²) in [5.74, 6) is 0.0476. The fourth-order valence-electron chi connectivity index (χ4n) is 1.38. The molecule has 0 bridgehead atoms. The van der Waals surface area contributed by atoms with Crippen molar-refractivity contribution in [2.24, 2.45) is 0 Å². The average Bonchev–Trinajstić information content (AvgIpc) is 2.17. The third-order valence-corrected chi connectivity index (χ3v) is 2.11. The second-order valence-electron chi connectivity index (χ2n) is 4.13. The minimum atomic E-state index is 0.0476. The predicted molar refractivity (Wildman–Crippen MR) is 61.9 cm³/mol. The topological polar surface area (TPSA) is 23.6 Å². The molecule has 0 aliphatic heterocycles. The van der Waals surface area contributed by atoms with E-state index < -0.39 is 0 Å². The lowest BCUT2D eigenvalue weighted by Gasteiger charge is -2.12. The SMILES string of the molecule is CN(C)Cc1ccc(C(=O)N(C)C)cc1. The fourth-order valence-corrected chi connectivity index (χ4v) is 1.38. The van der Waals surface area contributed by atoms with Gasteiger partial charge in [0, 0.05) is 26.2 Å². The zero-order chi connectivity index (χ0) is 11.4. The molecule has 0 spiro atoms. The Kier molecular flexibility index (Phi) is 3.86. The molecule has 0 heterocycles. The molecule has 0 aliphatic carbocycles. The van der Waals surface area contributed by atoms with Crippen molar-refractivity contribution in [1.29, 1.82) is 0 Å². The van der Waals surface area contributed by atoms with Crippen LogP contribution < -0.4 is 0 Å². The maximum Gasteiger partial charge on any atom is 0.253 e. The van der Waals surface area contributed by atoms with Crippen molar-refractivity contribution in [3.8, 4) is 0 Å². The molecule has 0 unspecified atom stereocenters. The number of carbonyl (C=O) groups is 1. The molecule has 3 nitrogen and oxygen atoms in total. The van der Waals surface area contributed by atoms with Crippen LogP contribution in [0.1, 0.15) is 15.9 Å². The molecule has 3 heteroatoms. The number of benzene rings is 1. The van der Waals surface area contributed by atoms with Gasteiger partial charge < -0.3 is 9.80 Å². The lowest BCUT2D eigenvalue weighted by Crippen LogP contribution is -2.21. The molecule has 0 aliphatic rings. The van der Waals surface area contributed by atoms with Crippen molar-refractivity contribution in [3.05, 3.63) is 35.4 Å². The first kappa shape index (κ1) is 11.7. The number of carbonyl (C=O) groups excluding carboxylic acids is 1. The molecule has 1 rings (SSSR count). The lowest BCUT2D eigenvalue weighted by molar-refractivity contribution is 0.0827. The van der Waals surface area contributed by atoms with Gasteiger partial charge >= 0.3 is 0 Å². The minimum Gasteiger partial charge on any atom is -0.345 e. The third-order valence-electron chi connectivity index (χ3n) is 2.11. The van der Waals surface area contributed by atoms with Crippen molar-refractivity contribution in [3.63, 3.8) is 0 Å². The largest absolute Gasteiger partial charge is 0.345 e. The molecule has 82 valence electrons. The normalized spacial score (nSPS) is 10.5. The fraction of sp³-hybridized carbons (Fsp3) is 0.417. The Bertz CT molecular complexity index is 328. The van der Waals surface area contributed by atoms with Crippen LogP contribution in [0.5, 0.6) is 0 Å². The molecule has 15 heavy (non-hydrogen) atoms. The van der Waals surface area contributed by atoms with E-state index in [1.165, 1.54) is 5.56 Å². The third kappa shape index (κ3) is 3.36. The van der Waals surface area contributed by atoms with E-state index in [0.29, 0.717) is 0 Å². The average molecular weight is 206 g/mol. The maximum atomic E-state index is 11.6. The van der Waals surface area contributed by atoms with Crippen molar-refractivity contribution in [1.82, 2.24) is 9.80 Å². The molecular formula is C12H18N2O. The second-order valence-corrected chi connectivity index (χ2v) is 4.13. The van der Waals surface area contributed by atoms with Gasteiger partial charge in [-0.2, -0.15) is 0 Å². The quantitative estimate of drug-likeness (QED) is 0.747. The van der Waals surface area contributed by atoms with Crippen LogP contribution in [0.25, 0.3) is 0 Å². The molecular weight excluding hydrogens is 188 g/mol. The van der Waals surface area contributed by atoms with Crippen molar-refractivity contribution < 1.29 is 4.79 Å². The maximum absolute atomic E-state index is 11.6. The smallest absolute Gasteiger partial charge is 0.253 e. The number of rotatable bonds is 3. The van der Waals surface area contributed by atoms with Gasteiger partial charge in [-0.1, -0.05) is 12.1 Å². The van der Waals surface area contributed by atoms with Gasteiger partial charge in [-0.15, -0.1) is 0 Å². The van der Waals surface area contributed by atoms with Gasteiger partial charge in [0.2, 0.25) is 0 Å². The summed E-state index contributed by atoms with van der Waals surface area (Å²) in [6.45, 7) is 0.899. The number of nitrogens with zero attached hydrogens (tertiary/aromatic N) is 2. The first-order valence-corrected chi connectivity index (χ1v) is 4.96. The highest BCUT2D eigenvalue weighted by Gasteiger charge is 2.06. The summed E-state index contributed by atoms with van der Waals surface area (Å²) in [7, 11) is 7.57. The molecule has 0 saturated carbocycles. The summed E-state index contributed by atoms with van der Waals surface area (Å²) >= 11 is 0. The molecule has 1 aromatic carbocycles. The van der Waals surface area contributed by atoms with Gasteiger partial charge in [0.15, 0.2) is 0 Å². The predicted octanol–water partition coefficient (Wildman–Crippen LogP) is 1.45. The van der Waals surface area contributed by atoms with E-state index in [-0.39, 0.29) is 5.91 Å². The van der Waals surface area contributed by atoms with E-state index in [1.54, 1.807) is 19.0 Å². The Balaban J connectivity index is 2.76. The lowest BCUT2D eigenvalue weighted by atomic mass is 10.1. The van der Waals surface area contributed by atoms with E-state index in [9.17, 15) is 4.79 Å². The Morgan fingerprint density at radius 3 is 2.00 bits per heavy atom. The highest BCUT2D eigenvalue weighted by molar-refractivity contribution is 5.93. The Hall–Kier alpha value is -1.35. The number of hydrogen-bond donors (Lipinski definition) is 0. The summed E-state index contributed by atoms with van der Waals surface area (Å²) in [4.78, 5) is 15.3. The summed E-state index contributed by atoms with van der Waals surface area (Å²) < 4.78 is 0. The first-order chi connectivity index (χ1) is 7.00. The molecule has 0 N–H and O–H groups in total. The van der Waals surface area contributed by atoms with Crippen LogP contribution in [0.4, 0.5) is 0 Å². The van der Waals surface area contributed by atoms with E-state index >= 15 is 0 Å². The van der Waals surface area contributed by atoms with E-state index in [2.05, 4.69) is 4.90 Å². The van der Waals surface area contributed by atoms with Gasteiger partial charge in [-0.3, -0.25) is 4.79 Å². The summed E-state index contributed by atoms with van der Waals surface area (Å²) in [5, 5.41) is 0. The standard InChI is InChI=1S/C12H18N2O/c1-13(2)9-10-5-7-11(8-6-10)12(15)14(3)4/h5-8H,9H2,1-4H3. The highest BCUT2D eigenvalue weighted by Crippen LogP contribution is 2.07. The van der Waals surface area contributed by atoms with Crippen LogP contribution in [0.2, 0.25) is 0 Å². The minimum absolute atomic E-state index is 0.0476. The van der Waals surface area contributed by atoms with E-state index in [4.69, 9.17) is 0 Å². The zero-order valence-corrected chi connectivity index (χ0v) is 9.82. The second kappa shape index (κ2) is 4.94. The van der Waals surface area contributed by atoms with Crippen LogP contribution >= 0.6 is 0 Å². The Labute approximate surface area is 91.3 Å². The monoisotopic (exact) mass is 206 g/mol. The van der Waals surface area contributed by atoms with Crippen molar-refractivity contribution in [2.45, 2.75) is 6.54 Å². The first-order valence-electron chi connectivity index (χ1n) is 4.96. The van der Waals surface area contributed by atoms with Crippen LogP contribution in [0.3, 0.4) is 0 Å². The molecule has 0 saturated heterocycles. The summed E-state index contributed by atoms with van der Waals surface area (Å²) in [5.41, 5.74) is 1.96. The van der Waals surface area contributed by atoms with Gasteiger partial charge in [0.1, 0.15) is 0 Å². The van der Waals surface area contributed by atoms with Crippen LogP contribution in [0, 0.1) is 0 Å². The molecule has 0 aromatic heterocycles. The molecule has 0 radical (unpaired) electrons. The van der Waals surface area contributed by atoms with Crippen LogP contribution in [-0.2, 0) is 6.54 Å². The van der Waals surface area contributed by atoms with Gasteiger partial charge in [0.25, 0.3) is 5.91 Å². The molecule has 1 aromatic rings. The van der Waals surface area contributed by atoms with Crippen LogP contribution in [-0.4, -0.2) is 43.9 Å². The summed E-state index contributed by atoms with van der Waals surface area (Å²) in [6, 6.07) is 7.75. The van der Waals surface area contributed by atoms with Gasteiger partial charge in [-0.25, -0.2) is 0 Å². The van der Waals surface area contributed by atoms with E-state index in [1.807, 2.05) is 38.4 Å². The Morgan fingerprint density at radius 2 is 1.60 bits per heavy atom. The summed E-state index contributed by atoms with van der Waals surface area (Å²) in [6.07, 6.45) is 0. The molecule has 1 amide bonds.